The van der Waals surface area contributed by atoms with Crippen molar-refractivity contribution in [2.24, 2.45) is 10.9 Å². The van der Waals surface area contributed by atoms with Gasteiger partial charge in [0.2, 0.25) is 5.91 Å². The van der Waals surface area contributed by atoms with Gasteiger partial charge in [-0.15, -0.1) is 0 Å². The number of carbonyl (C=O) groups is 1. The second kappa shape index (κ2) is 7.49. The molecule has 2 rings (SSSR count). The minimum atomic E-state index is -0.104. The van der Waals surface area contributed by atoms with Crippen LogP contribution in [0.5, 0.6) is 5.75 Å². The van der Waals surface area contributed by atoms with Gasteiger partial charge in [-0.3, -0.25) is 9.79 Å². The van der Waals surface area contributed by atoms with Crippen LogP contribution in [0, 0.1) is 5.92 Å². The number of anilines is 1. The molecule has 4 nitrogen and oxygen atoms in total. The second-order valence-electron chi connectivity index (χ2n) is 5.28. The van der Waals surface area contributed by atoms with E-state index >= 15 is 0 Å². The van der Waals surface area contributed by atoms with Gasteiger partial charge in [-0.25, -0.2) is 0 Å². The third-order valence-corrected chi connectivity index (χ3v) is 3.55. The summed E-state index contributed by atoms with van der Waals surface area (Å²) in [5.74, 6) is -0.248. The molecule has 0 unspecified atom stereocenters. The predicted molar refractivity (Wildman–Crippen MR) is 95.3 cm³/mol. The van der Waals surface area contributed by atoms with E-state index in [2.05, 4.69) is 10.3 Å². The smallest absolute Gasteiger partial charge is 0.226 e. The Morgan fingerprint density at radius 3 is 2.70 bits per heavy atom. The maximum absolute atomic E-state index is 11.7. The molecule has 0 aliphatic rings. The molecular formula is C17H16Cl2N2O2. The molecule has 0 aromatic heterocycles. The molecule has 1 amide bonds. The number of phenols is 1. The zero-order valence-corrected chi connectivity index (χ0v) is 14.2. The molecule has 6 heteroatoms. The number of rotatable bonds is 4. The quantitative estimate of drug-likeness (QED) is 0.758. The molecule has 0 heterocycles. The highest BCUT2D eigenvalue weighted by Gasteiger charge is 2.08. The van der Waals surface area contributed by atoms with Crippen LogP contribution >= 0.6 is 23.2 Å². The van der Waals surface area contributed by atoms with Crippen molar-refractivity contribution in [3.05, 3.63) is 52.0 Å². The van der Waals surface area contributed by atoms with Gasteiger partial charge in [-0.2, -0.15) is 0 Å². The van der Waals surface area contributed by atoms with E-state index in [0.717, 1.165) is 0 Å². The minimum absolute atomic E-state index is 0.0644. The summed E-state index contributed by atoms with van der Waals surface area (Å²) in [7, 11) is 0. The van der Waals surface area contributed by atoms with E-state index in [1.165, 1.54) is 12.3 Å². The number of phenolic OH excluding ortho intramolecular Hbond substituents is 1. The molecule has 0 aliphatic carbocycles. The lowest BCUT2D eigenvalue weighted by atomic mass is 10.2. The topological polar surface area (TPSA) is 61.7 Å². The molecule has 0 atom stereocenters. The number of benzene rings is 2. The largest absolute Gasteiger partial charge is 0.506 e. The molecule has 23 heavy (non-hydrogen) atoms. The molecule has 0 saturated carbocycles. The Morgan fingerprint density at radius 1 is 1.26 bits per heavy atom. The predicted octanol–water partition coefficient (Wildman–Crippen LogP) is 5.04. The Kier molecular flexibility index (Phi) is 5.64. The number of hydrogen-bond donors (Lipinski definition) is 2. The first-order valence-corrected chi connectivity index (χ1v) is 7.75. The van der Waals surface area contributed by atoms with Crippen LogP contribution in [0.1, 0.15) is 19.4 Å². The lowest BCUT2D eigenvalue weighted by molar-refractivity contribution is -0.118. The van der Waals surface area contributed by atoms with Gasteiger partial charge in [0, 0.05) is 28.4 Å². The van der Waals surface area contributed by atoms with Crippen LogP contribution in [0.2, 0.25) is 10.0 Å². The monoisotopic (exact) mass is 350 g/mol. The van der Waals surface area contributed by atoms with E-state index in [9.17, 15) is 9.90 Å². The molecule has 0 fully saturated rings. The maximum Gasteiger partial charge on any atom is 0.226 e. The molecule has 2 aromatic carbocycles. The number of halogens is 2. The summed E-state index contributed by atoms with van der Waals surface area (Å²) in [6.45, 7) is 3.64. The van der Waals surface area contributed by atoms with Crippen LogP contribution in [-0.2, 0) is 4.79 Å². The average Bonchev–Trinajstić information content (AvgIpc) is 2.49. The van der Waals surface area contributed by atoms with Gasteiger partial charge >= 0.3 is 0 Å². The summed E-state index contributed by atoms with van der Waals surface area (Å²) in [6.07, 6.45) is 1.47. The van der Waals surface area contributed by atoms with Crippen molar-refractivity contribution < 1.29 is 9.90 Å². The average molecular weight is 351 g/mol. The number of aromatic hydroxyl groups is 1. The van der Waals surface area contributed by atoms with Gasteiger partial charge in [0.05, 0.1) is 10.7 Å². The summed E-state index contributed by atoms with van der Waals surface area (Å²) in [5, 5.41) is 13.3. The zero-order valence-electron chi connectivity index (χ0n) is 12.7. The summed E-state index contributed by atoms with van der Waals surface area (Å²) in [5.41, 5.74) is 1.70. The lowest BCUT2D eigenvalue weighted by Crippen LogP contribution is -2.17. The van der Waals surface area contributed by atoms with E-state index in [1.807, 2.05) is 13.8 Å². The highest BCUT2D eigenvalue weighted by molar-refractivity contribution is 6.36. The first kappa shape index (κ1) is 17.3. The summed E-state index contributed by atoms with van der Waals surface area (Å²) in [6, 6.07) is 10.1. The molecule has 0 radical (unpaired) electrons. The highest BCUT2D eigenvalue weighted by Crippen LogP contribution is 2.30. The van der Waals surface area contributed by atoms with Gasteiger partial charge in [0.1, 0.15) is 5.75 Å². The molecule has 2 aromatic rings. The van der Waals surface area contributed by atoms with Gasteiger partial charge in [-0.05, 0) is 30.3 Å². The number of nitrogens with zero attached hydrogens (tertiary/aromatic N) is 1. The fourth-order valence-electron chi connectivity index (χ4n) is 1.78. The van der Waals surface area contributed by atoms with E-state index < -0.39 is 0 Å². The Hall–Kier alpha value is -2.04. The molecule has 0 spiro atoms. The Morgan fingerprint density at radius 2 is 2.00 bits per heavy atom. The SMILES string of the molecule is CC(C)C(=O)Nc1cccc(N=Cc2cc(Cl)cc(Cl)c2O)c1. The van der Waals surface area contributed by atoms with Crippen molar-refractivity contribution >= 4 is 46.7 Å². The fourth-order valence-corrected chi connectivity index (χ4v) is 2.29. The summed E-state index contributed by atoms with van der Waals surface area (Å²) >= 11 is 11.8. The number of carbonyl (C=O) groups excluding carboxylic acids is 1. The maximum atomic E-state index is 11.7. The number of aliphatic imine (C=N–C) groups is 1. The zero-order chi connectivity index (χ0) is 17.0. The Labute approximate surface area is 144 Å². The first-order chi connectivity index (χ1) is 10.9. The third kappa shape index (κ3) is 4.71. The van der Waals surface area contributed by atoms with E-state index in [1.54, 1.807) is 30.3 Å². The van der Waals surface area contributed by atoms with Gasteiger partial charge in [0.25, 0.3) is 0 Å². The number of hydrogen-bond acceptors (Lipinski definition) is 3. The standard InChI is InChI=1S/C17H16Cl2N2O2/c1-10(2)17(23)21-14-5-3-4-13(8-14)20-9-11-6-12(18)7-15(19)16(11)22/h3-10,22H,1-2H3,(H,21,23). The van der Waals surface area contributed by atoms with Crippen LogP contribution in [0.25, 0.3) is 0 Å². The summed E-state index contributed by atoms with van der Waals surface area (Å²) < 4.78 is 0. The number of nitrogens with one attached hydrogen (secondary N) is 1. The number of amides is 1. The lowest BCUT2D eigenvalue weighted by Gasteiger charge is -2.08. The van der Waals surface area contributed by atoms with Gasteiger partial charge in [-0.1, -0.05) is 43.1 Å². The van der Waals surface area contributed by atoms with Crippen LogP contribution in [-0.4, -0.2) is 17.2 Å². The van der Waals surface area contributed by atoms with Crippen LogP contribution in [0.15, 0.2) is 41.4 Å². The molecule has 0 saturated heterocycles. The van der Waals surface area contributed by atoms with Crippen molar-refractivity contribution in [3.63, 3.8) is 0 Å². The van der Waals surface area contributed by atoms with Crippen LogP contribution < -0.4 is 5.32 Å². The molecule has 120 valence electrons. The third-order valence-electron chi connectivity index (χ3n) is 3.05. The normalized spacial score (nSPS) is 11.2. The van der Waals surface area contributed by atoms with Crippen LogP contribution in [0.3, 0.4) is 0 Å². The van der Waals surface area contributed by atoms with Gasteiger partial charge in [0.15, 0.2) is 0 Å². The van der Waals surface area contributed by atoms with E-state index in [4.69, 9.17) is 23.2 Å². The summed E-state index contributed by atoms with van der Waals surface area (Å²) in [4.78, 5) is 16.0. The Bertz CT molecular complexity index is 758. The van der Waals surface area contributed by atoms with E-state index in [-0.39, 0.29) is 22.6 Å². The van der Waals surface area contributed by atoms with Crippen molar-refractivity contribution in [2.75, 3.05) is 5.32 Å². The molecule has 0 aliphatic heterocycles. The molecular weight excluding hydrogens is 335 g/mol. The van der Waals surface area contributed by atoms with Crippen molar-refractivity contribution in [1.29, 1.82) is 0 Å². The first-order valence-electron chi connectivity index (χ1n) is 7.00. The van der Waals surface area contributed by atoms with Crippen molar-refractivity contribution in [3.8, 4) is 5.75 Å². The highest BCUT2D eigenvalue weighted by atomic mass is 35.5. The Balaban J connectivity index is 2.22. The van der Waals surface area contributed by atoms with E-state index in [0.29, 0.717) is 22.0 Å². The van der Waals surface area contributed by atoms with Crippen LogP contribution in [0.4, 0.5) is 11.4 Å². The molecule has 2 N–H and O–H groups in total. The minimum Gasteiger partial charge on any atom is -0.506 e. The molecule has 0 bridgehead atoms. The van der Waals surface area contributed by atoms with Gasteiger partial charge < -0.3 is 10.4 Å². The van der Waals surface area contributed by atoms with Crippen molar-refractivity contribution in [1.82, 2.24) is 0 Å². The second-order valence-corrected chi connectivity index (χ2v) is 6.12. The van der Waals surface area contributed by atoms with Crippen molar-refractivity contribution in [2.45, 2.75) is 13.8 Å². The fraction of sp³-hybridized carbons (Fsp3) is 0.176.